The van der Waals surface area contributed by atoms with E-state index in [-0.39, 0.29) is 0 Å². The van der Waals surface area contributed by atoms with Crippen molar-refractivity contribution in [2.24, 2.45) is 0 Å². The molecule has 1 aromatic carbocycles. The summed E-state index contributed by atoms with van der Waals surface area (Å²) in [5, 5.41) is 0. The molecule has 18 heavy (non-hydrogen) atoms. The number of aromatic nitrogens is 3. The summed E-state index contributed by atoms with van der Waals surface area (Å²) in [5.41, 5.74) is 8.41. The summed E-state index contributed by atoms with van der Waals surface area (Å²) in [6.45, 7) is 0. The number of pyridine rings is 1. The van der Waals surface area contributed by atoms with Crippen LogP contribution in [0.4, 0.5) is 5.95 Å². The molecular weight excluding hydrogens is 360 g/mol. The predicted molar refractivity (Wildman–Crippen MR) is 78.7 cm³/mol. The van der Waals surface area contributed by atoms with Crippen molar-refractivity contribution in [2.45, 2.75) is 0 Å². The molecule has 2 N–H and O–H groups in total. The van der Waals surface area contributed by atoms with E-state index < -0.39 is 0 Å². The van der Waals surface area contributed by atoms with Gasteiger partial charge in [-0.2, -0.15) is 0 Å². The second-order valence-electron chi connectivity index (χ2n) is 3.78. The van der Waals surface area contributed by atoms with E-state index in [9.17, 15) is 0 Å². The Morgan fingerprint density at radius 2 is 1.94 bits per heavy atom. The van der Waals surface area contributed by atoms with E-state index in [0.29, 0.717) is 5.95 Å². The minimum atomic E-state index is 0.425. The Bertz CT molecular complexity index is 736. The molecule has 6 heteroatoms. The fraction of sp³-hybridized carbons (Fsp3) is 0. The normalized spacial score (nSPS) is 11.0. The summed E-state index contributed by atoms with van der Waals surface area (Å²) < 4.78 is 3.69. The highest BCUT2D eigenvalue weighted by atomic mass is 79.9. The van der Waals surface area contributed by atoms with Crippen LogP contribution < -0.4 is 5.73 Å². The van der Waals surface area contributed by atoms with Gasteiger partial charge in [0, 0.05) is 15.1 Å². The third-order valence-electron chi connectivity index (χ3n) is 2.56. The Kier molecular flexibility index (Phi) is 2.83. The van der Waals surface area contributed by atoms with Gasteiger partial charge in [0.2, 0.25) is 5.95 Å². The van der Waals surface area contributed by atoms with Gasteiger partial charge in [-0.05, 0) is 40.2 Å². The number of halogens is 2. The van der Waals surface area contributed by atoms with Gasteiger partial charge in [-0.1, -0.05) is 22.0 Å². The number of imidazole rings is 1. The standard InChI is InChI=1S/C12H8Br2N4/c13-7-2-1-3-9(4-7)18-11-10(17-12(18)15)5-8(14)6-16-11/h1-6H,(H2,15,17). The molecule has 0 fully saturated rings. The van der Waals surface area contributed by atoms with Crippen molar-refractivity contribution in [3.05, 3.63) is 45.5 Å². The number of hydrogen-bond acceptors (Lipinski definition) is 3. The van der Waals surface area contributed by atoms with Crippen molar-refractivity contribution < 1.29 is 0 Å². The second kappa shape index (κ2) is 4.37. The third-order valence-corrected chi connectivity index (χ3v) is 3.48. The van der Waals surface area contributed by atoms with Crippen molar-refractivity contribution in [3.63, 3.8) is 0 Å². The summed E-state index contributed by atoms with van der Waals surface area (Å²) in [5.74, 6) is 0.425. The molecule has 0 amide bonds. The molecule has 0 aliphatic heterocycles. The zero-order valence-electron chi connectivity index (χ0n) is 9.14. The average molecular weight is 368 g/mol. The van der Waals surface area contributed by atoms with Crippen LogP contribution >= 0.6 is 31.9 Å². The molecule has 2 heterocycles. The van der Waals surface area contributed by atoms with E-state index in [1.165, 1.54) is 0 Å². The smallest absolute Gasteiger partial charge is 0.207 e. The first-order chi connectivity index (χ1) is 8.65. The molecular formula is C12H8Br2N4. The minimum Gasteiger partial charge on any atom is -0.369 e. The van der Waals surface area contributed by atoms with Gasteiger partial charge < -0.3 is 5.73 Å². The molecule has 3 aromatic rings. The number of benzene rings is 1. The Morgan fingerprint density at radius 3 is 2.72 bits per heavy atom. The van der Waals surface area contributed by atoms with Crippen molar-refractivity contribution in [1.29, 1.82) is 0 Å². The molecule has 90 valence electrons. The van der Waals surface area contributed by atoms with Gasteiger partial charge >= 0.3 is 0 Å². The van der Waals surface area contributed by atoms with Crippen LogP contribution in [0.5, 0.6) is 0 Å². The van der Waals surface area contributed by atoms with Crippen LogP contribution in [0.2, 0.25) is 0 Å². The number of anilines is 1. The summed E-state index contributed by atoms with van der Waals surface area (Å²) in [6.07, 6.45) is 1.73. The SMILES string of the molecule is Nc1nc2cc(Br)cnc2n1-c1cccc(Br)c1. The summed E-state index contributed by atoms with van der Waals surface area (Å²) in [4.78, 5) is 8.68. The maximum atomic E-state index is 5.97. The van der Waals surface area contributed by atoms with Crippen LogP contribution in [0, 0.1) is 0 Å². The molecule has 0 spiro atoms. The number of nitrogens with two attached hydrogens (primary N) is 1. The second-order valence-corrected chi connectivity index (χ2v) is 5.61. The van der Waals surface area contributed by atoms with Crippen LogP contribution in [0.15, 0.2) is 45.5 Å². The molecule has 2 aromatic heterocycles. The molecule has 3 rings (SSSR count). The van der Waals surface area contributed by atoms with Crippen LogP contribution in [0.25, 0.3) is 16.9 Å². The van der Waals surface area contributed by atoms with Gasteiger partial charge in [-0.25, -0.2) is 9.97 Å². The molecule has 0 bridgehead atoms. The van der Waals surface area contributed by atoms with E-state index in [0.717, 1.165) is 25.8 Å². The van der Waals surface area contributed by atoms with Crippen molar-refractivity contribution in [1.82, 2.24) is 14.5 Å². The lowest BCUT2D eigenvalue weighted by Crippen LogP contribution is -2.01. The van der Waals surface area contributed by atoms with Crippen LogP contribution in [-0.4, -0.2) is 14.5 Å². The van der Waals surface area contributed by atoms with E-state index in [4.69, 9.17) is 5.73 Å². The zero-order chi connectivity index (χ0) is 12.7. The third kappa shape index (κ3) is 1.91. The lowest BCUT2D eigenvalue weighted by molar-refractivity contribution is 1.08. The van der Waals surface area contributed by atoms with Gasteiger partial charge in [-0.3, -0.25) is 4.57 Å². The van der Waals surface area contributed by atoms with E-state index in [1.807, 2.05) is 34.9 Å². The lowest BCUT2D eigenvalue weighted by Gasteiger charge is -2.05. The maximum absolute atomic E-state index is 5.97. The first-order valence-electron chi connectivity index (χ1n) is 5.20. The lowest BCUT2D eigenvalue weighted by atomic mass is 10.3. The quantitative estimate of drug-likeness (QED) is 0.715. The predicted octanol–water partition coefficient (Wildman–Crippen LogP) is 3.53. The van der Waals surface area contributed by atoms with E-state index in [2.05, 4.69) is 41.8 Å². The summed E-state index contributed by atoms with van der Waals surface area (Å²) in [7, 11) is 0. The molecule has 4 nitrogen and oxygen atoms in total. The molecule has 0 unspecified atom stereocenters. The number of nitrogen functional groups attached to an aromatic ring is 1. The minimum absolute atomic E-state index is 0.425. The maximum Gasteiger partial charge on any atom is 0.207 e. The van der Waals surface area contributed by atoms with Gasteiger partial charge in [0.05, 0.1) is 5.69 Å². The van der Waals surface area contributed by atoms with Crippen LogP contribution in [0.3, 0.4) is 0 Å². The van der Waals surface area contributed by atoms with Crippen molar-refractivity contribution in [3.8, 4) is 5.69 Å². The molecule has 0 saturated heterocycles. The van der Waals surface area contributed by atoms with E-state index in [1.54, 1.807) is 6.20 Å². The molecule has 0 atom stereocenters. The van der Waals surface area contributed by atoms with Crippen molar-refractivity contribution in [2.75, 3.05) is 5.73 Å². The monoisotopic (exact) mass is 366 g/mol. The Labute approximate surface area is 120 Å². The summed E-state index contributed by atoms with van der Waals surface area (Å²) in [6, 6.07) is 9.74. The highest BCUT2D eigenvalue weighted by Crippen LogP contribution is 2.25. The van der Waals surface area contributed by atoms with E-state index >= 15 is 0 Å². The highest BCUT2D eigenvalue weighted by molar-refractivity contribution is 9.10. The topological polar surface area (TPSA) is 56.7 Å². The highest BCUT2D eigenvalue weighted by Gasteiger charge is 2.11. The molecule has 0 radical (unpaired) electrons. The molecule has 0 aliphatic carbocycles. The Morgan fingerprint density at radius 1 is 1.11 bits per heavy atom. The Hall–Kier alpha value is -1.40. The zero-order valence-corrected chi connectivity index (χ0v) is 12.3. The number of rotatable bonds is 1. The van der Waals surface area contributed by atoms with Crippen LogP contribution in [0.1, 0.15) is 0 Å². The largest absolute Gasteiger partial charge is 0.369 e. The number of nitrogens with zero attached hydrogens (tertiary/aromatic N) is 3. The fourth-order valence-electron chi connectivity index (χ4n) is 1.83. The van der Waals surface area contributed by atoms with Crippen molar-refractivity contribution >= 4 is 49.0 Å². The van der Waals surface area contributed by atoms with Gasteiger partial charge in [0.25, 0.3) is 0 Å². The van der Waals surface area contributed by atoms with Gasteiger partial charge in [0.1, 0.15) is 5.52 Å². The molecule has 0 saturated carbocycles. The summed E-state index contributed by atoms with van der Waals surface area (Å²) >= 11 is 6.82. The fourth-order valence-corrected chi connectivity index (χ4v) is 2.53. The number of hydrogen-bond donors (Lipinski definition) is 1. The Balaban J connectivity index is 2.32. The van der Waals surface area contributed by atoms with Crippen LogP contribution in [-0.2, 0) is 0 Å². The van der Waals surface area contributed by atoms with Gasteiger partial charge in [-0.15, -0.1) is 0 Å². The average Bonchev–Trinajstić information content (AvgIpc) is 2.64. The molecule has 0 aliphatic rings. The van der Waals surface area contributed by atoms with Gasteiger partial charge in [0.15, 0.2) is 5.65 Å². The first kappa shape index (κ1) is 11.7. The number of fused-ring (bicyclic) bond motifs is 1. The first-order valence-corrected chi connectivity index (χ1v) is 6.79.